The highest BCUT2D eigenvalue weighted by Gasteiger charge is 2.48. The summed E-state index contributed by atoms with van der Waals surface area (Å²) >= 11 is -3.75. The van der Waals surface area contributed by atoms with Gasteiger partial charge in [0.1, 0.15) is 6.10 Å². The molecule has 1 saturated heterocycles. The molecule has 6 aromatic rings. The molecule has 103 heavy (non-hydrogen) atoms. The monoisotopic (exact) mass is 1500 g/mol. The molecule has 3 N–H and O–H groups in total. The number of aliphatic hydroxyl groups excluding tert-OH is 3. The van der Waals surface area contributed by atoms with E-state index in [9.17, 15) is 15.3 Å². The van der Waals surface area contributed by atoms with Crippen LogP contribution in [0.1, 0.15) is 160 Å². The number of fused-ring (bicyclic) bond motifs is 1. The quantitative estimate of drug-likeness (QED) is 0.131. The van der Waals surface area contributed by atoms with Gasteiger partial charge in [-0.1, -0.05) is 271 Å². The molecule has 6 aliphatic rings. The van der Waals surface area contributed by atoms with Crippen molar-refractivity contribution in [1.29, 1.82) is 0 Å². The maximum absolute atomic E-state index is 10.6. The van der Waals surface area contributed by atoms with Gasteiger partial charge in [0.05, 0.1) is 36.2 Å². The summed E-state index contributed by atoms with van der Waals surface area (Å²) in [5, 5.41) is 35.8. The highest BCUT2D eigenvalue weighted by Crippen LogP contribution is 2.46. The van der Waals surface area contributed by atoms with Gasteiger partial charge < -0.3 is 20.1 Å². The van der Waals surface area contributed by atoms with Crippen molar-refractivity contribution >= 4 is 85.7 Å². The molecule has 5 aromatic carbocycles. The lowest BCUT2D eigenvalue weighted by Gasteiger charge is -2.27. The van der Waals surface area contributed by atoms with Gasteiger partial charge in [0.2, 0.25) is 0 Å². The molecule has 0 radical (unpaired) electrons. The van der Waals surface area contributed by atoms with E-state index in [-0.39, 0.29) is 30.1 Å². The predicted octanol–water partition coefficient (Wildman–Crippen LogP) is 16.1. The molecule has 18 atom stereocenters. The minimum absolute atomic E-state index is 0.167. The molecule has 558 valence electrons. The second-order valence-corrected chi connectivity index (χ2v) is 28.2. The molecule has 21 heteroatoms. The predicted molar refractivity (Wildman–Crippen MR) is 416 cm³/mol. The average molecular weight is 1500 g/mol. The van der Waals surface area contributed by atoms with Crippen LogP contribution in [0.2, 0.25) is 0 Å². The SMILES string of the molecule is C[C@@H]1CC=C(c2ccccc2)C=C[C@@H]1C.C[C@H]1[C@@H]2O[C@@H]2C(c2ccccc2)=CC[C@H]1C.C[C@H]1[C@H](C)[C@H](C)C(c2ccccc2)=CC[C@H]1O.C[C@H]1[C@H](O)[C@H](C)C(c2ccccc2)=CC[C@H]1C.Cc1cc(C)n([C@@H]2C[C@@H](C)[C@@H](C)[C@H](O)C=C2c2ccccc2)n1.O=S=O.O=S=O.O=S=O.O=S=O.O=S=O. The topological polar surface area (TPSA) is 262 Å². The van der Waals surface area contributed by atoms with Gasteiger partial charge >= 0.3 is 57.9 Å². The number of aryl methyl sites for hydroxylation is 2. The van der Waals surface area contributed by atoms with Crippen LogP contribution >= 0.6 is 0 Å². The summed E-state index contributed by atoms with van der Waals surface area (Å²) in [7, 11) is 0. The molecule has 0 spiro atoms. The minimum Gasteiger partial charge on any atom is -0.393 e. The number of aromatic nitrogens is 2. The Morgan fingerprint density at radius 2 is 0.806 bits per heavy atom. The molecule has 1 aliphatic heterocycles. The first-order valence-corrected chi connectivity index (χ1v) is 38.4. The number of hydrogen-bond donors (Lipinski definition) is 3. The fourth-order valence-electron chi connectivity index (χ4n) is 13.6. The minimum atomic E-state index is -0.750. The number of allylic oxidation sites excluding steroid dienone is 8. The molecule has 12 rings (SSSR count). The molecule has 1 fully saturated rings. The number of epoxide rings is 1. The van der Waals surface area contributed by atoms with Gasteiger partial charge in [-0.05, 0) is 179 Å². The van der Waals surface area contributed by atoms with Crippen molar-refractivity contribution in [3.8, 4) is 0 Å². The molecule has 16 nitrogen and oxygen atoms in total. The Balaban J connectivity index is 0.000000320. The van der Waals surface area contributed by atoms with Gasteiger partial charge in [0.25, 0.3) is 0 Å². The highest BCUT2D eigenvalue weighted by atomic mass is 32.1. The van der Waals surface area contributed by atoms with Crippen molar-refractivity contribution in [1.82, 2.24) is 9.78 Å². The molecule has 1 aromatic heterocycles. The van der Waals surface area contributed by atoms with Crippen molar-refractivity contribution in [3.05, 3.63) is 239 Å². The molecule has 5 aliphatic carbocycles. The average Bonchev–Trinajstić information content (AvgIpc) is 1.62. The van der Waals surface area contributed by atoms with Gasteiger partial charge in [-0.15, -0.1) is 0 Å². The Morgan fingerprint density at radius 3 is 1.25 bits per heavy atom. The molecule has 0 amide bonds. The van der Waals surface area contributed by atoms with E-state index < -0.39 is 64.0 Å². The third-order valence-corrected chi connectivity index (χ3v) is 21.2. The number of nitrogens with zero attached hydrogens (tertiary/aromatic N) is 2. The Labute approximate surface area is 629 Å². The van der Waals surface area contributed by atoms with Crippen LogP contribution in [0.5, 0.6) is 0 Å². The third-order valence-electron chi connectivity index (χ3n) is 21.2. The summed E-state index contributed by atoms with van der Waals surface area (Å²) in [6, 6.07) is 54.9. The first-order valence-electron chi connectivity index (χ1n) is 35.1. The van der Waals surface area contributed by atoms with Gasteiger partial charge in [-0.2, -0.15) is 47.2 Å². The lowest BCUT2D eigenvalue weighted by atomic mass is 9.79. The van der Waals surface area contributed by atoms with Crippen molar-refractivity contribution in [2.75, 3.05) is 0 Å². The first kappa shape index (κ1) is 89.9. The number of rotatable bonds is 6. The van der Waals surface area contributed by atoms with Gasteiger partial charge in [0.15, 0.2) is 0 Å². The van der Waals surface area contributed by atoms with Gasteiger partial charge in [0, 0.05) is 11.6 Å². The smallest absolute Gasteiger partial charge is 0.335 e. The van der Waals surface area contributed by atoms with E-state index in [2.05, 4.69) is 271 Å². The van der Waals surface area contributed by atoms with Crippen LogP contribution in [0.3, 0.4) is 0 Å². The van der Waals surface area contributed by atoms with Crippen LogP contribution in [0, 0.1) is 84.9 Å². The molecule has 2 heterocycles. The lowest BCUT2D eigenvalue weighted by Crippen LogP contribution is -2.28. The van der Waals surface area contributed by atoms with E-state index in [0.29, 0.717) is 59.6 Å². The Kier molecular flexibility index (Phi) is 42.5. The number of aliphatic hydroxyl groups is 3. The summed E-state index contributed by atoms with van der Waals surface area (Å²) in [5.74, 6) is 6.04. The van der Waals surface area contributed by atoms with E-state index in [1.54, 1.807) is 0 Å². The van der Waals surface area contributed by atoms with Crippen LogP contribution in [-0.4, -0.2) is 97.7 Å². The number of hydrogen-bond acceptors (Lipinski definition) is 15. The fraction of sp³-hybridized carbons (Fsp3) is 0.451. The van der Waals surface area contributed by atoms with Crippen molar-refractivity contribution in [3.63, 3.8) is 0 Å². The zero-order valence-corrected chi connectivity index (χ0v) is 65.8. The van der Waals surface area contributed by atoms with Crippen LogP contribution in [0.15, 0.2) is 200 Å². The summed E-state index contributed by atoms with van der Waals surface area (Å²) in [6.45, 7) is 31.0. The molecule has 0 unspecified atom stereocenters. The number of ether oxygens (including phenoxy) is 1. The normalized spacial score (nSPS) is 27.7. The van der Waals surface area contributed by atoms with E-state index in [4.69, 9.17) is 51.9 Å². The van der Waals surface area contributed by atoms with Gasteiger partial charge in [-0.3, -0.25) is 4.68 Å². The Hall–Kier alpha value is -7.31. The summed E-state index contributed by atoms with van der Waals surface area (Å²) in [6.07, 6.45) is 21.1. The maximum Gasteiger partial charge on any atom is 0.335 e. The van der Waals surface area contributed by atoms with Crippen molar-refractivity contribution in [2.45, 2.75) is 166 Å². The lowest BCUT2D eigenvalue weighted by molar-refractivity contribution is 0.0647. The van der Waals surface area contributed by atoms with E-state index >= 15 is 0 Å². The van der Waals surface area contributed by atoms with E-state index in [1.165, 1.54) is 74.2 Å². The molecule has 0 bridgehead atoms. The fourth-order valence-corrected chi connectivity index (χ4v) is 13.6. The van der Waals surface area contributed by atoms with Crippen molar-refractivity contribution < 1.29 is 62.1 Å². The second-order valence-electron chi connectivity index (χ2n) is 27.6. The molecular weight excluding hydrogens is 1400 g/mol. The Bertz CT molecular complexity index is 3710. The molecule has 0 saturated carbocycles. The van der Waals surface area contributed by atoms with E-state index in [0.717, 1.165) is 36.8 Å². The van der Waals surface area contributed by atoms with E-state index in [1.807, 2.05) is 31.2 Å². The van der Waals surface area contributed by atoms with Gasteiger partial charge in [-0.25, -0.2) is 0 Å². The summed E-state index contributed by atoms with van der Waals surface area (Å²) in [4.78, 5) is 0. The van der Waals surface area contributed by atoms with Crippen LogP contribution < -0.4 is 0 Å². The van der Waals surface area contributed by atoms with Crippen molar-refractivity contribution in [2.24, 2.45) is 71.0 Å². The largest absolute Gasteiger partial charge is 0.393 e. The highest BCUT2D eigenvalue weighted by molar-refractivity contribution is 7.52. The Morgan fingerprint density at radius 1 is 0.417 bits per heavy atom. The van der Waals surface area contributed by atoms with Crippen LogP contribution in [0.4, 0.5) is 0 Å². The number of benzene rings is 5. The summed E-state index contributed by atoms with van der Waals surface area (Å²) < 4.78 is 90.9. The summed E-state index contributed by atoms with van der Waals surface area (Å²) in [5.41, 5.74) is 15.2. The van der Waals surface area contributed by atoms with Crippen LogP contribution in [-0.2, 0) is 62.6 Å². The van der Waals surface area contributed by atoms with Crippen LogP contribution in [0.25, 0.3) is 27.9 Å². The maximum atomic E-state index is 10.6. The third kappa shape index (κ3) is 28.9. The standard InChI is InChI=1S/C20H26N2O.2C16H22O.C15H18O.C15H18.5O2S/c1-13-10-19(22-15(3)11-14(2)21-22)18(12-20(23)16(13)4)17-8-6-5-7-9-17;1-11-12(2)15(9-10-16(17)13(11)3)14-7-5-4-6-8-14;1-11-9-10-15(13(3)16(17)12(11)2)14-7-5-4-6-8-14;1-10-8-9-13(12-6-4-3-5-7-12)15-14(16-15)11(10)2;1-12-8-10-15(11-9-13(12)2)14-6-4-3-5-7-14;5*1-3-2/h5-9,11-13,16,19-20,23H,10H2,1-4H3;4-9,11-13,16-17H,10H2,1-3H3;4-8,10-13,16-17H,9H2,1-3H3;3-7,9-11,14-15H,8H2,1-2H3;3-8,10-13H,9H2,1-2H3;;;;;/t13-,16-,19-,20-;11-,12+,13+,16-;11-,12-,13-,16+;10-,11-,14+,15-;12-,13+;;;;;/m11110...../s1. The first-order chi connectivity index (χ1) is 49.3. The zero-order valence-electron chi connectivity index (χ0n) is 61.7. The molecular formula is C82H106N2O14S5. The zero-order chi connectivity index (χ0) is 76.7. The second kappa shape index (κ2) is 48.7.